The van der Waals surface area contributed by atoms with Gasteiger partial charge in [-0.05, 0) is 37.6 Å². The van der Waals surface area contributed by atoms with Crippen molar-refractivity contribution in [2.45, 2.75) is 20.4 Å². The Labute approximate surface area is 118 Å². The lowest BCUT2D eigenvalue weighted by Gasteiger charge is -2.05. The van der Waals surface area contributed by atoms with Crippen LogP contribution in [-0.4, -0.2) is 10.9 Å². The van der Waals surface area contributed by atoms with Gasteiger partial charge in [0.2, 0.25) is 0 Å². The van der Waals surface area contributed by atoms with Gasteiger partial charge >= 0.3 is 0 Å². The number of nitrogens with one attached hydrogen (secondary N) is 1. The van der Waals surface area contributed by atoms with Crippen LogP contribution in [-0.2, 0) is 6.54 Å². The second kappa shape index (κ2) is 5.63. The van der Waals surface area contributed by atoms with E-state index in [0.29, 0.717) is 12.1 Å². The maximum absolute atomic E-state index is 12.0. The maximum atomic E-state index is 12.0. The monoisotopic (exact) mass is 324 g/mol. The van der Waals surface area contributed by atoms with Gasteiger partial charge in [-0.2, -0.15) is 0 Å². The summed E-state index contributed by atoms with van der Waals surface area (Å²) in [4.78, 5) is 16.3. The fourth-order valence-electron chi connectivity index (χ4n) is 1.61. The first kappa shape index (κ1) is 13.2. The van der Waals surface area contributed by atoms with Crippen LogP contribution in [0.5, 0.6) is 0 Å². The molecule has 0 aliphatic rings. The van der Waals surface area contributed by atoms with E-state index in [1.807, 2.05) is 37.4 Å². The van der Waals surface area contributed by atoms with Gasteiger partial charge in [-0.3, -0.25) is 4.79 Å². The molecular weight excluding hydrogens is 312 g/mol. The Morgan fingerprint density at radius 2 is 2.17 bits per heavy atom. The molecule has 94 valence electrons. The molecule has 0 saturated carbocycles. The minimum atomic E-state index is -0.0766. The summed E-state index contributed by atoms with van der Waals surface area (Å²) in [6.07, 6.45) is 0. The molecule has 0 spiro atoms. The SMILES string of the molecule is Cc1cc(Br)cc(C(=O)NCc2nc(C)cs2)c1. The van der Waals surface area contributed by atoms with Crippen LogP contribution in [0, 0.1) is 13.8 Å². The Morgan fingerprint density at radius 3 is 2.78 bits per heavy atom. The summed E-state index contributed by atoms with van der Waals surface area (Å²) in [6.45, 7) is 4.38. The smallest absolute Gasteiger partial charge is 0.251 e. The molecule has 0 unspecified atom stereocenters. The van der Waals surface area contributed by atoms with Crippen molar-refractivity contribution in [1.29, 1.82) is 0 Å². The zero-order valence-corrected chi connectivity index (χ0v) is 12.6. The van der Waals surface area contributed by atoms with Gasteiger partial charge < -0.3 is 5.32 Å². The Balaban J connectivity index is 2.03. The number of carbonyl (C=O) groups excluding carboxylic acids is 1. The molecule has 1 N–H and O–H groups in total. The normalized spacial score (nSPS) is 10.4. The highest BCUT2D eigenvalue weighted by atomic mass is 79.9. The Bertz CT molecular complexity index is 560. The first-order valence-electron chi connectivity index (χ1n) is 5.51. The van der Waals surface area contributed by atoms with Gasteiger partial charge in [-0.15, -0.1) is 11.3 Å². The van der Waals surface area contributed by atoms with Gasteiger partial charge in [0.05, 0.1) is 6.54 Å². The predicted octanol–water partition coefficient (Wildman–Crippen LogP) is 3.45. The highest BCUT2D eigenvalue weighted by Crippen LogP contribution is 2.15. The number of aryl methyl sites for hydroxylation is 2. The van der Waals surface area contributed by atoms with Crippen LogP contribution in [0.4, 0.5) is 0 Å². The number of halogens is 1. The van der Waals surface area contributed by atoms with E-state index in [9.17, 15) is 4.79 Å². The molecule has 2 rings (SSSR count). The highest BCUT2D eigenvalue weighted by Gasteiger charge is 2.07. The van der Waals surface area contributed by atoms with Crippen LogP contribution in [0.25, 0.3) is 0 Å². The Hall–Kier alpha value is -1.20. The number of rotatable bonds is 3. The first-order valence-corrected chi connectivity index (χ1v) is 7.18. The molecule has 2 aromatic rings. The van der Waals surface area contributed by atoms with Crippen molar-refractivity contribution in [3.63, 3.8) is 0 Å². The standard InChI is InChI=1S/C13H13BrN2OS/c1-8-3-10(5-11(14)4-8)13(17)15-6-12-16-9(2)7-18-12/h3-5,7H,6H2,1-2H3,(H,15,17). The molecule has 0 radical (unpaired) electrons. The summed E-state index contributed by atoms with van der Waals surface area (Å²) in [5.41, 5.74) is 2.71. The zero-order chi connectivity index (χ0) is 13.1. The van der Waals surface area contributed by atoms with Crippen molar-refractivity contribution in [2.24, 2.45) is 0 Å². The van der Waals surface area contributed by atoms with Crippen LogP contribution in [0.2, 0.25) is 0 Å². The molecule has 0 bridgehead atoms. The molecule has 0 atom stereocenters. The minimum Gasteiger partial charge on any atom is -0.346 e. The molecule has 0 aliphatic carbocycles. The second-order valence-corrected chi connectivity index (χ2v) is 5.94. The molecule has 0 saturated heterocycles. The third-order valence-corrected chi connectivity index (χ3v) is 3.80. The summed E-state index contributed by atoms with van der Waals surface area (Å²) in [7, 11) is 0. The molecule has 1 amide bonds. The van der Waals surface area contributed by atoms with Crippen LogP contribution >= 0.6 is 27.3 Å². The van der Waals surface area contributed by atoms with Crippen molar-refractivity contribution >= 4 is 33.2 Å². The number of thiazole rings is 1. The number of amides is 1. The third kappa shape index (κ3) is 3.40. The Morgan fingerprint density at radius 1 is 1.39 bits per heavy atom. The van der Waals surface area contributed by atoms with Gasteiger partial charge in [-0.25, -0.2) is 4.98 Å². The first-order chi connectivity index (χ1) is 8.54. The quantitative estimate of drug-likeness (QED) is 0.939. The van der Waals surface area contributed by atoms with E-state index in [-0.39, 0.29) is 5.91 Å². The van der Waals surface area contributed by atoms with Gasteiger partial charge in [0.15, 0.2) is 0 Å². The average Bonchev–Trinajstić information content (AvgIpc) is 2.70. The van der Waals surface area contributed by atoms with Crippen molar-refractivity contribution in [3.05, 3.63) is 49.9 Å². The van der Waals surface area contributed by atoms with Crippen LogP contribution in [0.15, 0.2) is 28.1 Å². The molecule has 3 nitrogen and oxygen atoms in total. The molecule has 1 heterocycles. The maximum Gasteiger partial charge on any atom is 0.251 e. The van der Waals surface area contributed by atoms with E-state index < -0.39 is 0 Å². The largest absolute Gasteiger partial charge is 0.346 e. The summed E-state index contributed by atoms with van der Waals surface area (Å²) in [6, 6.07) is 5.66. The lowest BCUT2D eigenvalue weighted by molar-refractivity contribution is 0.0950. The number of nitrogens with zero attached hydrogens (tertiary/aromatic N) is 1. The second-order valence-electron chi connectivity index (χ2n) is 4.08. The third-order valence-electron chi connectivity index (χ3n) is 2.37. The Kier molecular flexibility index (Phi) is 4.14. The lowest BCUT2D eigenvalue weighted by Crippen LogP contribution is -2.22. The topological polar surface area (TPSA) is 42.0 Å². The molecular formula is C13H13BrN2OS. The number of benzene rings is 1. The molecule has 18 heavy (non-hydrogen) atoms. The van der Waals surface area contributed by atoms with Gasteiger partial charge in [0.25, 0.3) is 5.91 Å². The van der Waals surface area contributed by atoms with Crippen LogP contribution in [0.1, 0.15) is 26.6 Å². The molecule has 0 fully saturated rings. The van der Waals surface area contributed by atoms with E-state index in [1.165, 1.54) is 0 Å². The molecule has 0 aliphatic heterocycles. The van der Waals surface area contributed by atoms with E-state index in [1.54, 1.807) is 11.3 Å². The van der Waals surface area contributed by atoms with Gasteiger partial charge in [-0.1, -0.05) is 15.9 Å². The summed E-state index contributed by atoms with van der Waals surface area (Å²) < 4.78 is 0.915. The van der Waals surface area contributed by atoms with Crippen LogP contribution < -0.4 is 5.32 Å². The van der Waals surface area contributed by atoms with Crippen LogP contribution in [0.3, 0.4) is 0 Å². The van der Waals surface area contributed by atoms with Crippen molar-refractivity contribution < 1.29 is 4.79 Å². The van der Waals surface area contributed by atoms with Crippen molar-refractivity contribution in [1.82, 2.24) is 10.3 Å². The highest BCUT2D eigenvalue weighted by molar-refractivity contribution is 9.10. The lowest BCUT2D eigenvalue weighted by atomic mass is 10.1. The zero-order valence-electron chi connectivity index (χ0n) is 10.2. The predicted molar refractivity (Wildman–Crippen MR) is 76.9 cm³/mol. The van der Waals surface area contributed by atoms with Gasteiger partial charge in [0.1, 0.15) is 5.01 Å². The minimum absolute atomic E-state index is 0.0766. The number of hydrogen-bond donors (Lipinski definition) is 1. The van der Waals surface area contributed by atoms with Crippen molar-refractivity contribution in [2.75, 3.05) is 0 Å². The number of hydrogen-bond acceptors (Lipinski definition) is 3. The fourth-order valence-corrected chi connectivity index (χ4v) is 2.93. The molecule has 1 aromatic heterocycles. The number of carbonyl (C=O) groups is 1. The summed E-state index contributed by atoms with van der Waals surface area (Å²) >= 11 is 4.95. The molecule has 5 heteroatoms. The van der Waals surface area contributed by atoms with E-state index in [4.69, 9.17) is 0 Å². The fraction of sp³-hybridized carbons (Fsp3) is 0.231. The average molecular weight is 325 g/mol. The molecule has 1 aromatic carbocycles. The van der Waals surface area contributed by atoms with E-state index >= 15 is 0 Å². The summed E-state index contributed by atoms with van der Waals surface area (Å²) in [5.74, 6) is -0.0766. The van der Waals surface area contributed by atoms with E-state index in [0.717, 1.165) is 20.7 Å². The summed E-state index contributed by atoms with van der Waals surface area (Å²) in [5, 5.41) is 5.77. The van der Waals surface area contributed by atoms with Gasteiger partial charge in [0, 0.05) is 21.1 Å². The number of aromatic nitrogens is 1. The van der Waals surface area contributed by atoms with E-state index in [2.05, 4.69) is 26.2 Å². The van der Waals surface area contributed by atoms with Crippen molar-refractivity contribution in [3.8, 4) is 0 Å².